The number of aromatic nitrogens is 1. The second-order valence-corrected chi connectivity index (χ2v) is 6.63. The van der Waals surface area contributed by atoms with Gasteiger partial charge in [0.15, 0.2) is 0 Å². The molecule has 0 bridgehead atoms. The number of nitrogens with one attached hydrogen (secondary N) is 2. The van der Waals surface area contributed by atoms with Gasteiger partial charge >= 0.3 is 0 Å². The van der Waals surface area contributed by atoms with Crippen molar-refractivity contribution in [2.45, 2.75) is 51.1 Å². The topological polar surface area (TPSA) is 21.8 Å². The van der Waals surface area contributed by atoms with Crippen LogP contribution in [0.25, 0.3) is 0 Å². The summed E-state index contributed by atoms with van der Waals surface area (Å²) in [6.45, 7) is 6.58. The minimum absolute atomic E-state index is 0.970. The maximum atomic E-state index is 4.23. The minimum Gasteiger partial charge on any atom is -0.323 e. The lowest BCUT2D eigenvalue weighted by molar-refractivity contribution is -1.03. The highest BCUT2D eigenvalue weighted by atomic mass is 15.3. The zero-order valence-corrected chi connectivity index (χ0v) is 12.6. The van der Waals surface area contributed by atoms with Gasteiger partial charge in [0.05, 0.1) is 6.04 Å². The molecule has 0 amide bonds. The average Bonchev–Trinajstić information content (AvgIpc) is 2.78. The number of quaternary nitrogens is 2. The van der Waals surface area contributed by atoms with Crippen LogP contribution >= 0.6 is 0 Å². The molecule has 20 heavy (non-hydrogen) atoms. The highest BCUT2D eigenvalue weighted by Gasteiger charge is 2.29. The van der Waals surface area contributed by atoms with Crippen LogP contribution in [-0.2, 0) is 6.54 Å². The predicted molar refractivity (Wildman–Crippen MR) is 80.8 cm³/mol. The van der Waals surface area contributed by atoms with Crippen molar-refractivity contribution in [2.75, 3.05) is 26.2 Å². The van der Waals surface area contributed by atoms with Crippen molar-refractivity contribution < 1.29 is 9.80 Å². The van der Waals surface area contributed by atoms with E-state index in [-0.39, 0.29) is 0 Å². The zero-order chi connectivity index (χ0) is 13.6. The Morgan fingerprint density at radius 2 is 1.75 bits per heavy atom. The first-order valence-electron chi connectivity index (χ1n) is 8.49. The van der Waals surface area contributed by atoms with Gasteiger partial charge in [-0.3, -0.25) is 4.98 Å². The van der Waals surface area contributed by atoms with E-state index in [2.05, 4.69) is 17.1 Å². The first-order valence-corrected chi connectivity index (χ1v) is 8.49. The van der Waals surface area contributed by atoms with E-state index in [1.54, 1.807) is 4.90 Å². The van der Waals surface area contributed by atoms with E-state index in [4.69, 9.17) is 0 Å². The molecule has 110 valence electrons. The highest BCUT2D eigenvalue weighted by molar-refractivity contribution is 5.06. The van der Waals surface area contributed by atoms with Crippen LogP contribution in [0, 0.1) is 0 Å². The second-order valence-electron chi connectivity index (χ2n) is 6.63. The van der Waals surface area contributed by atoms with E-state index in [0.29, 0.717) is 0 Å². The van der Waals surface area contributed by atoms with E-state index in [1.807, 2.05) is 17.3 Å². The summed E-state index contributed by atoms with van der Waals surface area (Å²) >= 11 is 0. The van der Waals surface area contributed by atoms with Gasteiger partial charge in [-0.25, -0.2) is 0 Å². The molecule has 0 radical (unpaired) electrons. The zero-order valence-electron chi connectivity index (χ0n) is 12.6. The molecule has 1 aromatic heterocycles. The third-order valence-electron chi connectivity index (χ3n) is 5.21. The van der Waals surface area contributed by atoms with Crippen molar-refractivity contribution in [1.82, 2.24) is 4.98 Å². The Bertz CT molecular complexity index is 376. The Labute approximate surface area is 123 Å². The van der Waals surface area contributed by atoms with Gasteiger partial charge in [0.1, 0.15) is 32.7 Å². The lowest BCUT2D eigenvalue weighted by Crippen LogP contribution is -3.29. The van der Waals surface area contributed by atoms with Crippen LogP contribution in [0.5, 0.6) is 0 Å². The maximum absolute atomic E-state index is 4.23. The lowest BCUT2D eigenvalue weighted by Gasteiger charge is -2.34. The molecular weight excluding hydrogens is 246 g/mol. The van der Waals surface area contributed by atoms with Crippen molar-refractivity contribution in [3.05, 3.63) is 30.1 Å². The van der Waals surface area contributed by atoms with Gasteiger partial charge in [-0.15, -0.1) is 0 Å². The van der Waals surface area contributed by atoms with Gasteiger partial charge in [-0.05, 0) is 31.7 Å². The fourth-order valence-corrected chi connectivity index (χ4v) is 3.99. The van der Waals surface area contributed by atoms with Crippen LogP contribution in [0.15, 0.2) is 24.5 Å². The fourth-order valence-electron chi connectivity index (χ4n) is 3.99. The summed E-state index contributed by atoms with van der Waals surface area (Å²) in [5.41, 5.74) is 1.39. The Morgan fingerprint density at radius 3 is 2.40 bits per heavy atom. The molecule has 2 aliphatic rings. The smallest absolute Gasteiger partial charge is 0.127 e. The molecule has 1 saturated heterocycles. The number of nitrogens with zero attached hydrogens (tertiary/aromatic N) is 1. The molecule has 2 fully saturated rings. The molecule has 3 heteroatoms. The molecule has 2 heterocycles. The van der Waals surface area contributed by atoms with Gasteiger partial charge < -0.3 is 9.80 Å². The Kier molecular flexibility index (Phi) is 5.04. The Hall–Kier alpha value is -0.930. The van der Waals surface area contributed by atoms with Crippen molar-refractivity contribution in [1.29, 1.82) is 0 Å². The molecule has 0 spiro atoms. The van der Waals surface area contributed by atoms with Crippen LogP contribution < -0.4 is 9.80 Å². The van der Waals surface area contributed by atoms with E-state index in [1.165, 1.54) is 70.3 Å². The molecule has 0 atom stereocenters. The third-order valence-corrected chi connectivity index (χ3v) is 5.21. The molecule has 1 aliphatic heterocycles. The second kappa shape index (κ2) is 7.19. The number of hydrogen-bond donors (Lipinski definition) is 2. The summed E-state index contributed by atoms with van der Waals surface area (Å²) in [7, 11) is 0. The highest BCUT2D eigenvalue weighted by Crippen LogP contribution is 2.15. The molecule has 3 rings (SSSR count). The SMILES string of the molecule is c1cncc(C[NH+]2CC[NH+](C3CCCCCC3)CC2)c1. The maximum Gasteiger partial charge on any atom is 0.127 e. The van der Waals surface area contributed by atoms with E-state index < -0.39 is 0 Å². The summed E-state index contributed by atoms with van der Waals surface area (Å²) in [6, 6.07) is 5.24. The molecule has 0 unspecified atom stereocenters. The Morgan fingerprint density at radius 1 is 1.00 bits per heavy atom. The van der Waals surface area contributed by atoms with Crippen LogP contribution in [0.2, 0.25) is 0 Å². The fraction of sp³-hybridized carbons (Fsp3) is 0.706. The molecule has 1 aliphatic carbocycles. The molecule has 0 aromatic carbocycles. The average molecular weight is 275 g/mol. The first-order chi connectivity index (χ1) is 9.92. The Balaban J connectivity index is 1.46. The van der Waals surface area contributed by atoms with Crippen molar-refractivity contribution in [3.63, 3.8) is 0 Å². The normalized spacial score (nSPS) is 29.0. The number of pyridine rings is 1. The van der Waals surface area contributed by atoms with E-state index >= 15 is 0 Å². The molecule has 3 nitrogen and oxygen atoms in total. The summed E-state index contributed by atoms with van der Waals surface area (Å²) in [4.78, 5) is 7.88. The standard InChI is InChI=1S/C17H27N3/c1-2-4-8-17(7-3-1)20-12-10-19(11-13-20)15-16-6-5-9-18-14-16/h5-6,9,14,17H,1-4,7-8,10-13,15H2/p+2. The van der Waals surface area contributed by atoms with Gasteiger partial charge in [-0.1, -0.05) is 18.9 Å². The van der Waals surface area contributed by atoms with Gasteiger partial charge in [0.25, 0.3) is 0 Å². The number of piperazine rings is 1. The summed E-state index contributed by atoms with van der Waals surface area (Å²) in [6.07, 6.45) is 12.7. The predicted octanol–water partition coefficient (Wildman–Crippen LogP) is 0.0878. The van der Waals surface area contributed by atoms with Crippen LogP contribution in [-0.4, -0.2) is 37.2 Å². The van der Waals surface area contributed by atoms with Crippen LogP contribution in [0.1, 0.15) is 44.1 Å². The van der Waals surface area contributed by atoms with E-state index in [0.717, 1.165) is 12.6 Å². The third kappa shape index (κ3) is 3.80. The van der Waals surface area contributed by atoms with Crippen molar-refractivity contribution in [3.8, 4) is 0 Å². The monoisotopic (exact) mass is 275 g/mol. The lowest BCUT2D eigenvalue weighted by atomic mass is 10.1. The quantitative estimate of drug-likeness (QED) is 0.750. The summed E-state index contributed by atoms with van der Waals surface area (Å²) < 4.78 is 0. The van der Waals surface area contributed by atoms with Crippen LogP contribution in [0.3, 0.4) is 0 Å². The molecule has 1 aromatic rings. The number of rotatable bonds is 3. The summed E-state index contributed by atoms with van der Waals surface area (Å²) in [5, 5.41) is 0. The van der Waals surface area contributed by atoms with Crippen LogP contribution in [0.4, 0.5) is 0 Å². The first kappa shape index (κ1) is 14.0. The van der Waals surface area contributed by atoms with Gasteiger partial charge in [0, 0.05) is 18.0 Å². The van der Waals surface area contributed by atoms with Crippen molar-refractivity contribution in [2.24, 2.45) is 0 Å². The van der Waals surface area contributed by atoms with Gasteiger partial charge in [-0.2, -0.15) is 0 Å². The minimum atomic E-state index is 0.970. The summed E-state index contributed by atoms with van der Waals surface area (Å²) in [5.74, 6) is 0. The molecule has 1 saturated carbocycles. The largest absolute Gasteiger partial charge is 0.323 e. The molecule has 2 N–H and O–H groups in total. The van der Waals surface area contributed by atoms with E-state index in [9.17, 15) is 0 Å². The van der Waals surface area contributed by atoms with Crippen molar-refractivity contribution >= 4 is 0 Å². The number of hydrogen-bond acceptors (Lipinski definition) is 1. The van der Waals surface area contributed by atoms with Gasteiger partial charge in [0.2, 0.25) is 0 Å². The molecular formula is C17H29N3+2.